The van der Waals surface area contributed by atoms with Gasteiger partial charge in [0.15, 0.2) is 18.2 Å². The lowest BCUT2D eigenvalue weighted by Gasteiger charge is -2.49. The smallest absolute Gasteiger partial charge is 0.191 e. The average molecular weight is 282 g/mol. The molecule has 0 aromatic heterocycles. The molecule has 0 spiro atoms. The van der Waals surface area contributed by atoms with Gasteiger partial charge in [-0.25, -0.2) is 0 Å². The van der Waals surface area contributed by atoms with E-state index in [0.29, 0.717) is 0 Å². The lowest BCUT2D eigenvalue weighted by molar-refractivity contribution is -0.372. The first-order valence-electron chi connectivity index (χ1n) is 6.19. The number of ether oxygens (including phenoxy) is 3. The molecule has 0 aromatic rings. The predicted octanol–water partition coefficient (Wildman–Crippen LogP) is -2.45. The molecule has 1 aliphatic rings. The minimum atomic E-state index is -2.31. The summed E-state index contributed by atoms with van der Waals surface area (Å²) in [6.45, 7) is 2.97. The van der Waals surface area contributed by atoms with Crippen LogP contribution in [0, 0.1) is 0 Å². The van der Waals surface area contributed by atoms with E-state index in [0.717, 1.165) is 0 Å². The van der Waals surface area contributed by atoms with E-state index in [4.69, 9.17) is 19.3 Å². The maximum Gasteiger partial charge on any atom is 0.191 e. The van der Waals surface area contributed by atoms with Crippen molar-refractivity contribution in [3.63, 3.8) is 0 Å². The van der Waals surface area contributed by atoms with Crippen LogP contribution >= 0.6 is 0 Å². The SMILES string of the molecule is CCOC(OCC)[C@]1(O)[C@H](O)[C@@H](CO)O[C@H](O)[C@@H]1O. The molecule has 0 aromatic carbocycles. The summed E-state index contributed by atoms with van der Waals surface area (Å²) < 4.78 is 15.1. The van der Waals surface area contributed by atoms with Gasteiger partial charge in [-0.2, -0.15) is 0 Å². The van der Waals surface area contributed by atoms with Crippen LogP contribution in [0.1, 0.15) is 13.8 Å². The molecule has 8 nitrogen and oxygen atoms in total. The van der Waals surface area contributed by atoms with Crippen LogP contribution in [0.15, 0.2) is 0 Å². The maximum absolute atomic E-state index is 10.5. The minimum absolute atomic E-state index is 0.160. The van der Waals surface area contributed by atoms with Crippen LogP contribution in [0.2, 0.25) is 0 Å². The second-order valence-corrected chi connectivity index (χ2v) is 4.27. The highest BCUT2D eigenvalue weighted by Gasteiger charge is 2.60. The second-order valence-electron chi connectivity index (χ2n) is 4.27. The molecule has 0 bridgehead atoms. The Bertz CT molecular complexity index is 269. The highest BCUT2D eigenvalue weighted by Crippen LogP contribution is 2.33. The van der Waals surface area contributed by atoms with Crippen molar-refractivity contribution in [1.82, 2.24) is 0 Å². The number of hydrogen-bond acceptors (Lipinski definition) is 8. The van der Waals surface area contributed by atoms with E-state index in [1.165, 1.54) is 0 Å². The Morgan fingerprint density at radius 1 is 1.11 bits per heavy atom. The largest absolute Gasteiger partial charge is 0.394 e. The molecule has 114 valence electrons. The Labute approximate surface area is 111 Å². The van der Waals surface area contributed by atoms with Crippen molar-refractivity contribution in [3.8, 4) is 0 Å². The van der Waals surface area contributed by atoms with Crippen LogP contribution in [0.4, 0.5) is 0 Å². The molecule has 1 fully saturated rings. The van der Waals surface area contributed by atoms with Crippen LogP contribution in [0.3, 0.4) is 0 Å². The van der Waals surface area contributed by atoms with Gasteiger partial charge in [0.25, 0.3) is 0 Å². The van der Waals surface area contributed by atoms with Gasteiger partial charge >= 0.3 is 0 Å². The molecule has 1 saturated heterocycles. The fourth-order valence-corrected chi connectivity index (χ4v) is 2.07. The van der Waals surface area contributed by atoms with Gasteiger partial charge in [-0.15, -0.1) is 0 Å². The fourth-order valence-electron chi connectivity index (χ4n) is 2.07. The first kappa shape index (κ1) is 16.7. The molecule has 1 rings (SSSR count). The molecule has 0 aliphatic carbocycles. The summed E-state index contributed by atoms with van der Waals surface area (Å²) in [5.41, 5.74) is -2.31. The molecule has 1 heterocycles. The van der Waals surface area contributed by atoms with E-state index in [2.05, 4.69) is 0 Å². The monoisotopic (exact) mass is 282 g/mol. The zero-order valence-corrected chi connectivity index (χ0v) is 11.0. The fraction of sp³-hybridized carbons (Fsp3) is 1.00. The van der Waals surface area contributed by atoms with Gasteiger partial charge in [0.2, 0.25) is 0 Å². The molecular weight excluding hydrogens is 260 g/mol. The third-order valence-electron chi connectivity index (χ3n) is 3.08. The van der Waals surface area contributed by atoms with Crippen LogP contribution < -0.4 is 0 Å². The molecule has 19 heavy (non-hydrogen) atoms. The molecule has 5 atom stereocenters. The van der Waals surface area contributed by atoms with Crippen LogP contribution in [0.5, 0.6) is 0 Å². The maximum atomic E-state index is 10.5. The van der Waals surface area contributed by atoms with Crippen molar-refractivity contribution in [3.05, 3.63) is 0 Å². The van der Waals surface area contributed by atoms with Gasteiger partial charge in [0.1, 0.15) is 18.3 Å². The van der Waals surface area contributed by atoms with Crippen molar-refractivity contribution >= 4 is 0 Å². The van der Waals surface area contributed by atoms with Crippen LogP contribution in [-0.2, 0) is 14.2 Å². The van der Waals surface area contributed by atoms with Gasteiger partial charge in [-0.05, 0) is 13.8 Å². The van der Waals surface area contributed by atoms with Gasteiger partial charge in [-0.3, -0.25) is 0 Å². The summed E-state index contributed by atoms with van der Waals surface area (Å²) in [6, 6.07) is 0. The molecule has 0 radical (unpaired) electrons. The number of aliphatic hydroxyl groups excluding tert-OH is 4. The normalized spacial score (nSPS) is 39.8. The van der Waals surface area contributed by atoms with Crippen LogP contribution in [-0.4, -0.2) is 81.8 Å². The third kappa shape index (κ3) is 3.06. The average Bonchev–Trinajstić information content (AvgIpc) is 2.40. The summed E-state index contributed by atoms with van der Waals surface area (Å²) in [7, 11) is 0. The van der Waals surface area contributed by atoms with Crippen molar-refractivity contribution in [2.24, 2.45) is 0 Å². The summed E-state index contributed by atoms with van der Waals surface area (Å²) in [5.74, 6) is 0. The third-order valence-corrected chi connectivity index (χ3v) is 3.08. The zero-order chi connectivity index (χ0) is 14.6. The Kier molecular flexibility index (Phi) is 6.09. The van der Waals surface area contributed by atoms with Gasteiger partial charge in [0.05, 0.1) is 6.61 Å². The zero-order valence-electron chi connectivity index (χ0n) is 11.0. The van der Waals surface area contributed by atoms with Crippen molar-refractivity contribution in [1.29, 1.82) is 0 Å². The van der Waals surface area contributed by atoms with E-state index in [1.54, 1.807) is 13.8 Å². The lowest BCUT2D eigenvalue weighted by atomic mass is 9.83. The summed E-state index contributed by atoms with van der Waals surface area (Å²) in [4.78, 5) is 0. The quantitative estimate of drug-likeness (QED) is 0.339. The number of hydrogen-bond donors (Lipinski definition) is 5. The first-order chi connectivity index (χ1) is 8.93. The van der Waals surface area contributed by atoms with Gasteiger partial charge < -0.3 is 39.7 Å². The van der Waals surface area contributed by atoms with Gasteiger partial charge in [0, 0.05) is 13.2 Å². The summed E-state index contributed by atoms with van der Waals surface area (Å²) in [5, 5.41) is 49.0. The molecule has 0 saturated carbocycles. The molecule has 1 aliphatic heterocycles. The topological polar surface area (TPSA) is 129 Å². The van der Waals surface area contributed by atoms with E-state index in [-0.39, 0.29) is 13.2 Å². The Morgan fingerprint density at radius 3 is 2.05 bits per heavy atom. The molecule has 0 unspecified atom stereocenters. The first-order valence-corrected chi connectivity index (χ1v) is 6.19. The highest BCUT2D eigenvalue weighted by atomic mass is 16.7. The standard InChI is InChI=1S/C11H22O8/c1-3-17-10(18-4-2)11(16)7(13)6(5-12)19-9(15)8(11)14/h6-10,12-16H,3-5H2,1-2H3/t6-,7-,8+,9+,11+/m1/s1. The van der Waals surface area contributed by atoms with Crippen molar-refractivity contribution < 1.29 is 39.7 Å². The van der Waals surface area contributed by atoms with E-state index < -0.39 is 43.1 Å². The van der Waals surface area contributed by atoms with E-state index in [9.17, 15) is 20.4 Å². The predicted molar refractivity (Wildman–Crippen MR) is 62.0 cm³/mol. The van der Waals surface area contributed by atoms with E-state index in [1.807, 2.05) is 0 Å². The molecule has 0 amide bonds. The van der Waals surface area contributed by atoms with Crippen molar-refractivity contribution in [2.75, 3.05) is 19.8 Å². The summed E-state index contributed by atoms with van der Waals surface area (Å²) in [6.07, 6.45) is -7.91. The Morgan fingerprint density at radius 2 is 1.63 bits per heavy atom. The highest BCUT2D eigenvalue weighted by molar-refractivity contribution is 5.04. The number of aliphatic hydroxyl groups is 5. The van der Waals surface area contributed by atoms with Crippen LogP contribution in [0.25, 0.3) is 0 Å². The molecule has 8 heteroatoms. The minimum Gasteiger partial charge on any atom is -0.394 e. The Balaban J connectivity index is 3.05. The number of rotatable bonds is 6. The van der Waals surface area contributed by atoms with Crippen molar-refractivity contribution in [2.45, 2.75) is 50.3 Å². The van der Waals surface area contributed by atoms with E-state index >= 15 is 0 Å². The summed E-state index contributed by atoms with van der Waals surface area (Å²) >= 11 is 0. The van der Waals surface area contributed by atoms with Gasteiger partial charge in [-0.1, -0.05) is 0 Å². The second kappa shape index (κ2) is 6.91. The Hall–Kier alpha value is -0.320. The molecule has 5 N–H and O–H groups in total. The lowest BCUT2D eigenvalue weighted by Crippen LogP contribution is -2.72. The molecular formula is C11H22O8.